The number of esters is 1. The highest BCUT2D eigenvalue weighted by atomic mass is 79.9. The second kappa shape index (κ2) is 8.63. The maximum Gasteiger partial charge on any atom is 0.330 e. The third-order valence-electron chi connectivity index (χ3n) is 6.54. The van der Waals surface area contributed by atoms with Gasteiger partial charge in [-0.25, -0.2) is 4.79 Å². The van der Waals surface area contributed by atoms with Gasteiger partial charge in [-0.05, 0) is 64.7 Å². The molecule has 1 aliphatic heterocycles. The summed E-state index contributed by atoms with van der Waals surface area (Å²) < 4.78 is 5.94. The average molecular weight is 524 g/mol. The lowest BCUT2D eigenvalue weighted by Crippen LogP contribution is -2.50. The molecule has 3 amide bonds. The average Bonchev–Trinajstić information content (AvgIpc) is 3.40. The van der Waals surface area contributed by atoms with Crippen LogP contribution in [-0.4, -0.2) is 41.2 Å². The summed E-state index contributed by atoms with van der Waals surface area (Å²) in [5, 5.41) is 3.10. The Morgan fingerprint density at radius 3 is 2.34 bits per heavy atom. The Labute approximate surface area is 199 Å². The number of carbonyl (C=O) groups excluding carboxylic acids is 4. The van der Waals surface area contributed by atoms with E-state index < -0.39 is 24.5 Å². The SMILES string of the molecule is Cc1cc(Br)c(Cl)cc1NC(=O)COC(=O)[C@@H](C(C)C)N1C(=O)[C@@H]2[C@H](C1=O)[C@H]1C=C[C@H]2C1. The van der Waals surface area contributed by atoms with E-state index >= 15 is 0 Å². The van der Waals surface area contributed by atoms with Crippen LogP contribution in [0.15, 0.2) is 28.8 Å². The van der Waals surface area contributed by atoms with Crippen molar-refractivity contribution >= 4 is 56.9 Å². The molecule has 2 aliphatic carbocycles. The fourth-order valence-electron chi connectivity index (χ4n) is 5.06. The lowest BCUT2D eigenvalue weighted by molar-refractivity contribution is -0.162. The molecule has 1 saturated heterocycles. The molecule has 0 spiro atoms. The van der Waals surface area contributed by atoms with E-state index in [0.717, 1.165) is 16.9 Å². The van der Waals surface area contributed by atoms with Gasteiger partial charge in [-0.2, -0.15) is 0 Å². The van der Waals surface area contributed by atoms with Gasteiger partial charge in [-0.1, -0.05) is 37.6 Å². The van der Waals surface area contributed by atoms with Crippen LogP contribution in [0.4, 0.5) is 5.69 Å². The zero-order valence-corrected chi connectivity index (χ0v) is 20.3. The van der Waals surface area contributed by atoms with Crippen molar-refractivity contribution in [1.82, 2.24) is 4.90 Å². The van der Waals surface area contributed by atoms with E-state index in [1.165, 1.54) is 0 Å². The second-order valence-corrected chi connectivity index (χ2v) is 10.2. The molecular formula is C23H24BrClN2O5. The lowest BCUT2D eigenvalue weighted by Gasteiger charge is -2.28. The van der Waals surface area contributed by atoms with Crippen LogP contribution in [0.1, 0.15) is 25.8 Å². The highest BCUT2D eigenvalue weighted by Crippen LogP contribution is 2.53. The third-order valence-corrected chi connectivity index (χ3v) is 7.74. The van der Waals surface area contributed by atoms with Crippen LogP contribution >= 0.6 is 27.5 Å². The summed E-state index contributed by atoms with van der Waals surface area (Å²) in [6, 6.07) is 2.30. The largest absolute Gasteiger partial charge is 0.454 e. The Bertz CT molecular complexity index is 1010. The summed E-state index contributed by atoms with van der Waals surface area (Å²) in [6.07, 6.45) is 4.82. The van der Waals surface area contributed by atoms with Crippen LogP contribution in [0.3, 0.4) is 0 Å². The number of fused-ring (bicyclic) bond motifs is 5. The Kier molecular flexibility index (Phi) is 6.20. The summed E-state index contributed by atoms with van der Waals surface area (Å²) in [7, 11) is 0. The van der Waals surface area contributed by atoms with Gasteiger partial charge in [0.25, 0.3) is 5.91 Å². The molecule has 0 aromatic heterocycles. The van der Waals surface area contributed by atoms with Crippen LogP contribution in [0.2, 0.25) is 5.02 Å². The van der Waals surface area contributed by atoms with E-state index in [1.807, 2.05) is 12.2 Å². The molecule has 4 rings (SSSR count). The Balaban J connectivity index is 1.42. The maximum absolute atomic E-state index is 13.1. The monoisotopic (exact) mass is 522 g/mol. The Hall–Kier alpha value is -2.19. The van der Waals surface area contributed by atoms with Crippen LogP contribution in [-0.2, 0) is 23.9 Å². The number of halogens is 2. The minimum absolute atomic E-state index is 0.0574. The quantitative estimate of drug-likeness (QED) is 0.348. The van der Waals surface area contributed by atoms with Crippen molar-refractivity contribution < 1.29 is 23.9 Å². The van der Waals surface area contributed by atoms with E-state index in [9.17, 15) is 19.2 Å². The molecule has 9 heteroatoms. The fraction of sp³-hybridized carbons (Fsp3) is 0.478. The second-order valence-electron chi connectivity index (χ2n) is 8.97. The molecule has 2 fully saturated rings. The first kappa shape index (κ1) is 23.0. The number of anilines is 1. The third kappa shape index (κ3) is 3.88. The van der Waals surface area contributed by atoms with Gasteiger partial charge in [-0.15, -0.1) is 0 Å². The zero-order chi connectivity index (χ0) is 23.3. The number of hydrogen-bond donors (Lipinski definition) is 1. The molecule has 5 atom stereocenters. The minimum Gasteiger partial charge on any atom is -0.454 e. The van der Waals surface area contributed by atoms with Crippen molar-refractivity contribution in [3.05, 3.63) is 39.3 Å². The van der Waals surface area contributed by atoms with Crippen LogP contribution in [0.25, 0.3) is 0 Å². The van der Waals surface area contributed by atoms with Crippen molar-refractivity contribution in [2.75, 3.05) is 11.9 Å². The standard InChI is InChI=1S/C23H24BrClN2O5/c1-10(2)20(27-21(29)18-12-4-5-13(7-12)19(18)22(27)30)23(31)32-9-17(28)26-16-8-15(25)14(24)6-11(16)3/h4-6,8,10,12-13,18-20H,7,9H2,1-3H3,(H,26,28)/t12-,13-,18-,19+,20+/m0/s1. The summed E-state index contributed by atoms with van der Waals surface area (Å²) in [6.45, 7) is 4.77. The molecule has 3 aliphatic rings. The van der Waals surface area contributed by atoms with Crippen molar-refractivity contribution in [3.8, 4) is 0 Å². The predicted octanol–water partition coefficient (Wildman–Crippen LogP) is 3.72. The first-order valence-electron chi connectivity index (χ1n) is 10.6. The van der Waals surface area contributed by atoms with Crippen molar-refractivity contribution in [2.24, 2.45) is 29.6 Å². The molecule has 32 heavy (non-hydrogen) atoms. The molecule has 0 radical (unpaired) electrons. The van der Waals surface area contributed by atoms with E-state index in [0.29, 0.717) is 15.2 Å². The van der Waals surface area contributed by atoms with Gasteiger partial charge in [0, 0.05) is 10.2 Å². The molecule has 1 N–H and O–H groups in total. The lowest BCUT2D eigenvalue weighted by atomic mass is 9.85. The zero-order valence-electron chi connectivity index (χ0n) is 17.9. The van der Waals surface area contributed by atoms with Gasteiger partial charge in [0.2, 0.25) is 11.8 Å². The topological polar surface area (TPSA) is 92.8 Å². The van der Waals surface area contributed by atoms with E-state index in [-0.39, 0.29) is 41.4 Å². The molecule has 2 bridgehead atoms. The van der Waals surface area contributed by atoms with Gasteiger partial charge >= 0.3 is 5.97 Å². The van der Waals surface area contributed by atoms with Crippen LogP contribution in [0.5, 0.6) is 0 Å². The molecule has 0 unspecified atom stereocenters. The Morgan fingerprint density at radius 1 is 1.19 bits per heavy atom. The number of ether oxygens (including phenoxy) is 1. The van der Waals surface area contributed by atoms with Crippen LogP contribution in [0, 0.1) is 36.5 Å². The number of carbonyl (C=O) groups is 4. The van der Waals surface area contributed by atoms with E-state index in [4.69, 9.17) is 16.3 Å². The first-order valence-corrected chi connectivity index (χ1v) is 11.7. The van der Waals surface area contributed by atoms with Crippen molar-refractivity contribution in [2.45, 2.75) is 33.2 Å². The number of nitrogens with zero attached hydrogens (tertiary/aromatic N) is 1. The fourth-order valence-corrected chi connectivity index (χ4v) is 5.69. The van der Waals surface area contributed by atoms with Gasteiger partial charge in [0.15, 0.2) is 6.61 Å². The first-order chi connectivity index (χ1) is 15.1. The highest BCUT2D eigenvalue weighted by Gasteiger charge is 2.61. The normalized spacial score (nSPS) is 26.6. The Morgan fingerprint density at radius 2 is 1.78 bits per heavy atom. The molecule has 1 aromatic carbocycles. The highest BCUT2D eigenvalue weighted by molar-refractivity contribution is 9.10. The number of benzene rings is 1. The summed E-state index contributed by atoms with van der Waals surface area (Å²) in [5.74, 6) is -2.93. The minimum atomic E-state index is -1.06. The number of nitrogens with one attached hydrogen (secondary N) is 1. The van der Waals surface area contributed by atoms with Gasteiger partial charge in [0.1, 0.15) is 6.04 Å². The number of aryl methyl sites for hydroxylation is 1. The van der Waals surface area contributed by atoms with Gasteiger partial charge in [0.05, 0.1) is 16.9 Å². The summed E-state index contributed by atoms with van der Waals surface area (Å²) >= 11 is 9.40. The predicted molar refractivity (Wildman–Crippen MR) is 122 cm³/mol. The number of rotatable bonds is 6. The van der Waals surface area contributed by atoms with E-state index in [2.05, 4.69) is 21.2 Å². The molecule has 7 nitrogen and oxygen atoms in total. The van der Waals surface area contributed by atoms with Gasteiger partial charge in [-0.3, -0.25) is 19.3 Å². The van der Waals surface area contributed by atoms with Crippen LogP contribution < -0.4 is 5.32 Å². The molecule has 1 heterocycles. The van der Waals surface area contributed by atoms with E-state index in [1.54, 1.807) is 32.9 Å². The summed E-state index contributed by atoms with van der Waals surface area (Å²) in [5.41, 5.74) is 1.28. The molecule has 170 valence electrons. The maximum atomic E-state index is 13.1. The smallest absolute Gasteiger partial charge is 0.330 e. The number of hydrogen-bond acceptors (Lipinski definition) is 5. The number of allylic oxidation sites excluding steroid dienone is 2. The number of likely N-dealkylation sites (tertiary alicyclic amines) is 1. The molecule has 1 aromatic rings. The molecule has 1 saturated carbocycles. The van der Waals surface area contributed by atoms with Gasteiger partial charge < -0.3 is 10.1 Å². The van der Waals surface area contributed by atoms with Crippen molar-refractivity contribution in [1.29, 1.82) is 0 Å². The molecular weight excluding hydrogens is 500 g/mol. The summed E-state index contributed by atoms with van der Waals surface area (Å²) in [4.78, 5) is 52.5. The van der Waals surface area contributed by atoms with Crippen molar-refractivity contribution in [3.63, 3.8) is 0 Å². The number of amides is 3. The number of imide groups is 1.